The summed E-state index contributed by atoms with van der Waals surface area (Å²) < 4.78 is 0. The molecule has 0 aromatic rings. The highest BCUT2D eigenvalue weighted by Crippen LogP contribution is 2.10. The van der Waals surface area contributed by atoms with Gasteiger partial charge in [-0.15, -0.1) is 0 Å². The second-order valence-electron chi connectivity index (χ2n) is 16.1. The van der Waals surface area contributed by atoms with Crippen molar-refractivity contribution in [3.63, 3.8) is 0 Å². The number of hydrogen-bond donors (Lipinski definition) is 17. The zero-order chi connectivity index (χ0) is 56.0. The molecule has 0 aliphatic heterocycles. The minimum atomic E-state index is -1.71. The Kier molecular flexibility index (Phi) is 30.6. The van der Waals surface area contributed by atoms with E-state index < -0.39 is 164 Å². The van der Waals surface area contributed by atoms with E-state index in [1.54, 1.807) is 6.26 Å². The maximum Gasteiger partial charge on any atom is 0.305 e. The molecule has 0 aliphatic carbocycles. The van der Waals surface area contributed by atoms with E-state index in [2.05, 4.69) is 52.5 Å². The van der Waals surface area contributed by atoms with E-state index in [0.717, 1.165) is 6.92 Å². The normalized spacial score (nSPS) is 13.9. The Morgan fingerprint density at radius 1 is 0.452 bits per heavy atom. The molecular formula is C40H68N16O16S. The molecule has 0 radical (unpaired) electrons. The zero-order valence-corrected chi connectivity index (χ0v) is 41.3. The van der Waals surface area contributed by atoms with Crippen LogP contribution in [0.5, 0.6) is 0 Å². The fourth-order valence-electron chi connectivity index (χ4n) is 6.21. The van der Waals surface area contributed by atoms with Crippen LogP contribution in [0.4, 0.5) is 0 Å². The molecule has 73 heavy (non-hydrogen) atoms. The molecule has 0 bridgehead atoms. The molecule has 10 amide bonds. The molecule has 23 N–H and O–H groups in total. The van der Waals surface area contributed by atoms with Crippen molar-refractivity contribution in [2.75, 3.05) is 25.1 Å². The van der Waals surface area contributed by atoms with E-state index in [1.165, 1.54) is 18.7 Å². The first kappa shape index (κ1) is 65.0. The third-order valence-corrected chi connectivity index (χ3v) is 10.5. The first-order valence-corrected chi connectivity index (χ1v) is 23.7. The number of rotatable bonds is 37. The third-order valence-electron chi connectivity index (χ3n) is 9.86. The average molecular weight is 1060 g/mol. The number of carboxylic acids is 3. The molecule has 0 aromatic heterocycles. The monoisotopic (exact) mass is 1060 g/mol. The van der Waals surface area contributed by atoms with Crippen LogP contribution in [-0.2, 0) is 62.3 Å². The standard InChI is InChI=1S/C40H68N16O16S/c1-18(32(66)56-25(31(42)65)16-29(61)62)49-33(67)20(6-4-13-47-39(43)44)51-34(68)21(7-5-14-48-40(45)46)52-35(69)22(8-10-27(41)58)53-37(71)24(12-15-73-3)55-36(70)23(9-11-28(59)60)54-38(72)26(17-30(63)64)50-19(2)57/h18,20-26H,4-17H2,1-3H3,(H2,41,58)(H2,42,65)(H,49,67)(H,50,57)(H,51,68)(H,52,69)(H,53,71)(H,54,72)(H,55,70)(H,56,66)(H,59,60)(H,61,62)(H,63,64)(H4,43,44,47)(H4,45,46,48)/t18-,20-,21-,22-,23-,24-,25-,26-/m0/s1. The summed E-state index contributed by atoms with van der Waals surface area (Å²) in [7, 11) is 0. The third kappa shape index (κ3) is 29.1. The van der Waals surface area contributed by atoms with Crippen LogP contribution >= 0.6 is 11.8 Å². The lowest BCUT2D eigenvalue weighted by Crippen LogP contribution is -2.60. The molecule has 0 aliphatic rings. The van der Waals surface area contributed by atoms with Gasteiger partial charge in [0.25, 0.3) is 0 Å². The molecule has 0 rings (SSSR count). The van der Waals surface area contributed by atoms with Crippen molar-refractivity contribution in [2.45, 2.75) is 133 Å². The summed E-state index contributed by atoms with van der Waals surface area (Å²) >= 11 is 1.22. The Morgan fingerprint density at radius 2 is 0.808 bits per heavy atom. The van der Waals surface area contributed by atoms with E-state index in [4.69, 9.17) is 39.5 Å². The molecule has 0 fully saturated rings. The van der Waals surface area contributed by atoms with Gasteiger partial charge in [0.1, 0.15) is 48.3 Å². The first-order chi connectivity index (χ1) is 34.1. The van der Waals surface area contributed by atoms with Gasteiger partial charge in [-0.25, -0.2) is 0 Å². The zero-order valence-electron chi connectivity index (χ0n) is 40.4. The minimum Gasteiger partial charge on any atom is -0.481 e. The van der Waals surface area contributed by atoms with Crippen LogP contribution < -0.4 is 76.9 Å². The number of guanidine groups is 2. The number of nitrogens with one attached hydrogen (secondary N) is 8. The van der Waals surface area contributed by atoms with Crippen molar-refractivity contribution in [1.29, 1.82) is 0 Å². The number of nitrogens with two attached hydrogens (primary N) is 6. The molecule has 410 valence electrons. The van der Waals surface area contributed by atoms with E-state index >= 15 is 0 Å². The molecule has 0 saturated heterocycles. The molecule has 0 saturated carbocycles. The van der Waals surface area contributed by atoms with Crippen molar-refractivity contribution in [3.8, 4) is 0 Å². The van der Waals surface area contributed by atoms with Crippen LogP contribution in [0.1, 0.15) is 84.5 Å². The smallest absolute Gasteiger partial charge is 0.305 e. The van der Waals surface area contributed by atoms with Gasteiger partial charge < -0.3 is 92.3 Å². The van der Waals surface area contributed by atoms with E-state index in [-0.39, 0.29) is 62.9 Å². The Hall–Kier alpha value is -8.00. The van der Waals surface area contributed by atoms with Crippen LogP contribution in [0.15, 0.2) is 9.98 Å². The van der Waals surface area contributed by atoms with Crippen LogP contribution in [0.3, 0.4) is 0 Å². The SMILES string of the molecule is CSCC[C@H](NC(=O)[C@H](CCC(=O)O)NC(=O)[C@H](CC(=O)O)NC(C)=O)C(=O)N[C@@H](CCC(N)=O)C(=O)N[C@@H](CCCN=C(N)N)C(=O)N[C@@H](CCCN=C(N)N)C(=O)N[C@@H](C)C(=O)N[C@@H](CC(=O)O)C(N)=O. The lowest BCUT2D eigenvalue weighted by molar-refractivity contribution is -0.141. The number of carbonyl (C=O) groups is 13. The molecule has 0 unspecified atom stereocenters. The van der Waals surface area contributed by atoms with Gasteiger partial charge in [0.05, 0.1) is 12.8 Å². The summed E-state index contributed by atoms with van der Waals surface area (Å²) in [6.07, 6.45) is -2.93. The minimum absolute atomic E-state index is 0.00868. The maximum absolute atomic E-state index is 14.1. The van der Waals surface area contributed by atoms with Crippen molar-refractivity contribution >= 4 is 101 Å². The van der Waals surface area contributed by atoms with Gasteiger partial charge >= 0.3 is 17.9 Å². The lowest BCUT2D eigenvalue weighted by atomic mass is 10.0. The summed E-state index contributed by atoms with van der Waals surface area (Å²) in [5, 5.41) is 46.2. The highest BCUT2D eigenvalue weighted by molar-refractivity contribution is 7.98. The second kappa shape index (κ2) is 34.3. The fourth-order valence-corrected chi connectivity index (χ4v) is 6.68. The Balaban J connectivity index is 6.91. The van der Waals surface area contributed by atoms with E-state index in [9.17, 15) is 72.5 Å². The van der Waals surface area contributed by atoms with Crippen LogP contribution in [-0.4, -0.2) is 178 Å². The summed E-state index contributed by atoms with van der Waals surface area (Å²) in [5.74, 6) is -15.1. The molecule has 32 nitrogen and oxygen atoms in total. The van der Waals surface area contributed by atoms with Gasteiger partial charge in [0.15, 0.2) is 11.9 Å². The first-order valence-electron chi connectivity index (χ1n) is 22.3. The topological polar surface area (TPSA) is 560 Å². The Morgan fingerprint density at radius 3 is 1.16 bits per heavy atom. The molecule has 8 atom stereocenters. The summed E-state index contributed by atoms with van der Waals surface area (Å²) in [6.45, 7) is 2.05. The summed E-state index contributed by atoms with van der Waals surface area (Å²) in [4.78, 5) is 173. The van der Waals surface area contributed by atoms with Gasteiger partial charge in [0.2, 0.25) is 59.1 Å². The van der Waals surface area contributed by atoms with Gasteiger partial charge in [0, 0.05) is 32.9 Å². The van der Waals surface area contributed by atoms with Crippen LogP contribution in [0, 0.1) is 0 Å². The number of primary amides is 2. The van der Waals surface area contributed by atoms with E-state index in [0.29, 0.717) is 0 Å². The molecule has 0 aromatic carbocycles. The van der Waals surface area contributed by atoms with Gasteiger partial charge in [-0.2, -0.15) is 11.8 Å². The summed E-state index contributed by atoms with van der Waals surface area (Å²) in [5.41, 5.74) is 32.3. The van der Waals surface area contributed by atoms with Crippen LogP contribution in [0.25, 0.3) is 0 Å². The van der Waals surface area contributed by atoms with Crippen molar-refractivity contribution in [2.24, 2.45) is 44.4 Å². The quantitative estimate of drug-likeness (QED) is 0.0156. The van der Waals surface area contributed by atoms with Crippen LogP contribution in [0.2, 0.25) is 0 Å². The van der Waals surface area contributed by atoms with Gasteiger partial charge in [-0.1, -0.05) is 0 Å². The molecule has 33 heteroatoms. The highest BCUT2D eigenvalue weighted by atomic mass is 32.2. The maximum atomic E-state index is 14.1. The number of aliphatic carboxylic acids is 3. The predicted molar refractivity (Wildman–Crippen MR) is 259 cm³/mol. The van der Waals surface area contributed by atoms with Crippen molar-refractivity contribution < 1.29 is 77.6 Å². The van der Waals surface area contributed by atoms with Gasteiger partial charge in [-0.3, -0.25) is 72.3 Å². The average Bonchev–Trinajstić information content (AvgIpc) is 3.27. The lowest BCUT2D eigenvalue weighted by Gasteiger charge is -2.28. The second-order valence-corrected chi connectivity index (χ2v) is 17.1. The fraction of sp³-hybridized carbons (Fsp3) is 0.625. The molecule has 0 heterocycles. The van der Waals surface area contributed by atoms with Gasteiger partial charge in [-0.05, 0) is 63.9 Å². The molecular weight excluding hydrogens is 993 g/mol. The number of thioether (sulfide) groups is 1. The number of aliphatic imine (C=N–C) groups is 2. The largest absolute Gasteiger partial charge is 0.481 e. The van der Waals surface area contributed by atoms with Crippen molar-refractivity contribution in [3.05, 3.63) is 0 Å². The molecule has 0 spiro atoms. The number of carboxylic acid groups (broad SMARTS) is 3. The predicted octanol–water partition coefficient (Wildman–Crippen LogP) is -7.67. The Labute approximate surface area is 422 Å². The number of hydrogen-bond acceptors (Lipinski definition) is 16. The number of nitrogens with zero attached hydrogens (tertiary/aromatic N) is 2. The Bertz CT molecular complexity index is 2040. The summed E-state index contributed by atoms with van der Waals surface area (Å²) in [6, 6.07) is -12.8. The highest BCUT2D eigenvalue weighted by Gasteiger charge is 2.35. The number of carbonyl (C=O) groups excluding carboxylic acids is 10. The van der Waals surface area contributed by atoms with E-state index in [1.807, 2.05) is 0 Å². The van der Waals surface area contributed by atoms with Crippen molar-refractivity contribution in [1.82, 2.24) is 42.5 Å². The number of amides is 10.